The Balaban J connectivity index is 1.29. The maximum Gasteiger partial charge on any atom is 0.254 e. The minimum absolute atomic E-state index is 0.0422. The minimum Gasteiger partial charge on any atom is -0.394 e. The van der Waals surface area contributed by atoms with Crippen LogP contribution >= 0.6 is 11.6 Å². The number of hydrogen-bond acceptors (Lipinski definition) is 7. The number of anilines is 1. The Morgan fingerprint density at radius 2 is 2.06 bits per heavy atom. The maximum absolute atomic E-state index is 13.0. The molecule has 0 radical (unpaired) electrons. The highest BCUT2D eigenvalue weighted by molar-refractivity contribution is 6.33. The second kappa shape index (κ2) is 9.85. The van der Waals surface area contributed by atoms with Gasteiger partial charge in [0.2, 0.25) is 11.9 Å². The van der Waals surface area contributed by atoms with Crippen molar-refractivity contribution in [2.75, 3.05) is 31.7 Å². The van der Waals surface area contributed by atoms with Gasteiger partial charge in [0.1, 0.15) is 6.54 Å². The van der Waals surface area contributed by atoms with Crippen molar-refractivity contribution >= 4 is 29.4 Å². The van der Waals surface area contributed by atoms with E-state index < -0.39 is 0 Å². The summed E-state index contributed by atoms with van der Waals surface area (Å²) in [6.45, 7) is 1.66. The Kier molecular flexibility index (Phi) is 6.67. The van der Waals surface area contributed by atoms with Gasteiger partial charge in [0.15, 0.2) is 0 Å². The van der Waals surface area contributed by atoms with Crippen molar-refractivity contribution in [3.63, 3.8) is 0 Å². The van der Waals surface area contributed by atoms with Crippen LogP contribution in [-0.2, 0) is 16.1 Å². The van der Waals surface area contributed by atoms with E-state index in [1.807, 2.05) is 12.1 Å². The number of nitrogens with zero attached hydrogens (tertiary/aromatic N) is 3. The van der Waals surface area contributed by atoms with Gasteiger partial charge in [0.05, 0.1) is 29.6 Å². The van der Waals surface area contributed by atoms with Crippen molar-refractivity contribution in [2.45, 2.75) is 44.3 Å². The highest BCUT2D eigenvalue weighted by atomic mass is 35.5. The highest BCUT2D eigenvalue weighted by Crippen LogP contribution is 2.33. The molecule has 0 bridgehead atoms. The topological polar surface area (TPSA) is 117 Å². The number of rotatable bonds is 8. The van der Waals surface area contributed by atoms with Crippen molar-refractivity contribution < 1.29 is 19.4 Å². The molecule has 1 atom stereocenters. The van der Waals surface area contributed by atoms with Gasteiger partial charge >= 0.3 is 0 Å². The van der Waals surface area contributed by atoms with Crippen LogP contribution in [0.4, 0.5) is 5.95 Å². The van der Waals surface area contributed by atoms with Gasteiger partial charge < -0.3 is 25.4 Å². The van der Waals surface area contributed by atoms with Gasteiger partial charge in [0.25, 0.3) is 5.91 Å². The average Bonchev–Trinajstić information content (AvgIpc) is 3.65. The first-order chi connectivity index (χ1) is 16.5. The van der Waals surface area contributed by atoms with Crippen LogP contribution in [0.3, 0.4) is 0 Å². The van der Waals surface area contributed by atoms with E-state index in [4.69, 9.17) is 16.3 Å². The van der Waals surface area contributed by atoms with Crippen molar-refractivity contribution in [1.82, 2.24) is 20.2 Å². The lowest BCUT2D eigenvalue weighted by atomic mass is 10.0. The van der Waals surface area contributed by atoms with Gasteiger partial charge in [-0.15, -0.1) is 0 Å². The molecule has 2 aromatic rings. The number of nitrogens with one attached hydrogen (secondary N) is 2. The van der Waals surface area contributed by atoms with Crippen LogP contribution in [0.1, 0.15) is 41.6 Å². The molecule has 1 saturated heterocycles. The summed E-state index contributed by atoms with van der Waals surface area (Å²) in [6.07, 6.45) is 5.37. The molecule has 10 heteroatoms. The number of amides is 2. The van der Waals surface area contributed by atoms with E-state index in [0.29, 0.717) is 47.9 Å². The third-order valence-corrected chi connectivity index (χ3v) is 6.91. The summed E-state index contributed by atoms with van der Waals surface area (Å²) >= 11 is 6.41. The van der Waals surface area contributed by atoms with Crippen LogP contribution in [-0.4, -0.2) is 70.2 Å². The zero-order chi connectivity index (χ0) is 23.7. The molecule has 3 heterocycles. The molecular formula is C24H28ClN5O4. The number of hydrogen-bond donors (Lipinski definition) is 3. The molecule has 1 aliphatic carbocycles. The zero-order valence-corrected chi connectivity index (χ0v) is 19.6. The molecule has 1 unspecified atom stereocenters. The summed E-state index contributed by atoms with van der Waals surface area (Å²) in [5.41, 5.74) is 2.66. The van der Waals surface area contributed by atoms with Crippen molar-refractivity contribution in [2.24, 2.45) is 5.92 Å². The number of carbonyl (C=O) groups excluding carboxylic acids is 2. The second-order valence-electron chi connectivity index (χ2n) is 9.15. The summed E-state index contributed by atoms with van der Waals surface area (Å²) in [6, 6.07) is 5.56. The van der Waals surface area contributed by atoms with Gasteiger partial charge in [-0.3, -0.25) is 9.59 Å². The molecule has 9 nitrogen and oxygen atoms in total. The van der Waals surface area contributed by atoms with E-state index >= 15 is 0 Å². The summed E-state index contributed by atoms with van der Waals surface area (Å²) in [5, 5.41) is 16.1. The molecule has 3 aliphatic rings. The third kappa shape index (κ3) is 5.01. The first kappa shape index (κ1) is 23.0. The Morgan fingerprint density at radius 1 is 1.26 bits per heavy atom. The molecule has 5 rings (SSSR count). The van der Waals surface area contributed by atoms with Crippen LogP contribution in [0.15, 0.2) is 24.4 Å². The summed E-state index contributed by atoms with van der Waals surface area (Å²) in [5.74, 6) is 0.372. The van der Waals surface area contributed by atoms with Crippen LogP contribution in [0.5, 0.6) is 0 Å². The van der Waals surface area contributed by atoms with Crippen LogP contribution in [0, 0.1) is 5.92 Å². The summed E-state index contributed by atoms with van der Waals surface area (Å²) in [4.78, 5) is 35.9. The standard InChI is InChI=1S/C24H28ClN5O4/c25-19-10-26-24(27-17-5-7-34-8-6-17)29-22(19)15-3-4-16-11-30(23(33)18(16)9-15)12-21(32)28-20(13-31)14-1-2-14/h3-4,9-10,14,17,20,31H,1-2,5-8,11-13H2,(H,28,32)(H,26,27,29). The molecule has 3 N–H and O–H groups in total. The van der Waals surface area contributed by atoms with Gasteiger partial charge in [0, 0.05) is 36.9 Å². The van der Waals surface area contributed by atoms with E-state index in [2.05, 4.69) is 20.6 Å². The largest absolute Gasteiger partial charge is 0.394 e. The molecule has 34 heavy (non-hydrogen) atoms. The number of aromatic nitrogens is 2. The lowest BCUT2D eigenvalue weighted by Crippen LogP contribution is -2.44. The van der Waals surface area contributed by atoms with Gasteiger partial charge in [-0.1, -0.05) is 23.7 Å². The van der Waals surface area contributed by atoms with E-state index in [9.17, 15) is 14.7 Å². The Labute approximate surface area is 202 Å². The minimum atomic E-state index is -0.255. The molecule has 1 aromatic carbocycles. The normalized spacial score (nSPS) is 19.1. The van der Waals surface area contributed by atoms with Crippen molar-refractivity contribution in [3.8, 4) is 11.3 Å². The lowest BCUT2D eigenvalue weighted by Gasteiger charge is -2.23. The number of halogens is 1. The number of fused-ring (bicyclic) bond motifs is 1. The Hall–Kier alpha value is -2.75. The summed E-state index contributed by atoms with van der Waals surface area (Å²) in [7, 11) is 0. The molecular weight excluding hydrogens is 458 g/mol. The van der Waals surface area contributed by atoms with Gasteiger partial charge in [-0.25, -0.2) is 9.97 Å². The SMILES string of the molecule is O=C(CN1Cc2ccc(-c3nc(NC4CCOCC4)ncc3Cl)cc2C1=O)NC(CO)C1CC1. The zero-order valence-electron chi connectivity index (χ0n) is 18.8. The van der Waals surface area contributed by atoms with Crippen LogP contribution in [0.25, 0.3) is 11.3 Å². The predicted octanol–water partition coefficient (Wildman–Crippen LogP) is 2.23. The fraction of sp³-hybridized carbons (Fsp3) is 0.500. The maximum atomic E-state index is 13.0. The average molecular weight is 486 g/mol. The van der Waals surface area contributed by atoms with Gasteiger partial charge in [-0.2, -0.15) is 0 Å². The number of aliphatic hydroxyl groups is 1. The van der Waals surface area contributed by atoms with Crippen molar-refractivity contribution in [3.05, 3.63) is 40.5 Å². The van der Waals surface area contributed by atoms with E-state index in [0.717, 1.165) is 36.8 Å². The summed E-state index contributed by atoms with van der Waals surface area (Å²) < 4.78 is 5.40. The molecule has 0 spiro atoms. The number of aliphatic hydroxyl groups excluding tert-OH is 1. The quantitative estimate of drug-likeness (QED) is 0.525. The first-order valence-corrected chi connectivity index (χ1v) is 12.1. The van der Waals surface area contributed by atoms with Crippen molar-refractivity contribution in [1.29, 1.82) is 0 Å². The highest BCUT2D eigenvalue weighted by Gasteiger charge is 2.34. The van der Waals surface area contributed by atoms with Crippen LogP contribution < -0.4 is 10.6 Å². The monoisotopic (exact) mass is 485 g/mol. The van der Waals surface area contributed by atoms with E-state index in [-0.39, 0.29) is 37.0 Å². The molecule has 1 saturated carbocycles. The van der Waals surface area contributed by atoms with Gasteiger partial charge in [-0.05, 0) is 43.2 Å². The molecule has 180 valence electrons. The smallest absolute Gasteiger partial charge is 0.254 e. The second-order valence-corrected chi connectivity index (χ2v) is 9.56. The molecule has 2 amide bonds. The van der Waals surface area contributed by atoms with E-state index in [1.54, 1.807) is 12.3 Å². The molecule has 1 aromatic heterocycles. The first-order valence-electron chi connectivity index (χ1n) is 11.7. The third-order valence-electron chi connectivity index (χ3n) is 6.63. The number of ether oxygens (including phenoxy) is 1. The number of benzene rings is 1. The molecule has 2 aliphatic heterocycles. The Morgan fingerprint density at radius 3 is 2.79 bits per heavy atom. The van der Waals surface area contributed by atoms with Crippen LogP contribution in [0.2, 0.25) is 5.02 Å². The fourth-order valence-corrected chi connectivity index (χ4v) is 4.74. The number of carbonyl (C=O) groups is 2. The fourth-order valence-electron chi connectivity index (χ4n) is 4.54. The lowest BCUT2D eigenvalue weighted by molar-refractivity contribution is -0.123. The Bertz CT molecular complexity index is 1090. The van der Waals surface area contributed by atoms with E-state index in [1.165, 1.54) is 4.90 Å². The predicted molar refractivity (Wildman–Crippen MR) is 126 cm³/mol. The molecule has 2 fully saturated rings.